The molecule has 0 aromatic rings. The predicted molar refractivity (Wildman–Crippen MR) is 74.1 cm³/mol. The van der Waals surface area contributed by atoms with Crippen LogP contribution < -0.4 is 5.73 Å². The SMILES string of the molecule is COC(=O)C1(O)O[C@@H]([C@H](O)[C@H](O)CO)[C@H](N)[C@@H](O)C1C(=O)CC(F)(F)F. The molecule has 1 aliphatic heterocycles. The lowest BCUT2D eigenvalue weighted by molar-refractivity contribution is -0.313. The molecular formula is C13H20F3NO9. The molecule has 7 atom stereocenters. The topological polar surface area (TPSA) is 180 Å². The zero-order valence-corrected chi connectivity index (χ0v) is 13.5. The number of methoxy groups -OCH3 is 1. The molecule has 0 amide bonds. The Balaban J connectivity index is 3.30. The van der Waals surface area contributed by atoms with Gasteiger partial charge in [0.05, 0.1) is 25.9 Å². The van der Waals surface area contributed by atoms with Gasteiger partial charge in [-0.25, -0.2) is 4.79 Å². The average molecular weight is 391 g/mol. The summed E-state index contributed by atoms with van der Waals surface area (Å²) >= 11 is 0. The van der Waals surface area contributed by atoms with Crippen molar-refractivity contribution in [3.63, 3.8) is 0 Å². The molecule has 0 spiro atoms. The highest BCUT2D eigenvalue weighted by atomic mass is 19.4. The van der Waals surface area contributed by atoms with Crippen LogP contribution in [-0.2, 0) is 19.1 Å². The number of Topliss-reactive ketones (excluding diaryl/α,β-unsaturated/α-hetero) is 1. The van der Waals surface area contributed by atoms with Crippen LogP contribution >= 0.6 is 0 Å². The van der Waals surface area contributed by atoms with E-state index in [0.717, 1.165) is 7.11 Å². The summed E-state index contributed by atoms with van der Waals surface area (Å²) in [5.41, 5.74) is 5.55. The fraction of sp³-hybridized carbons (Fsp3) is 0.846. The number of carbonyl (C=O) groups is 2. The number of carbonyl (C=O) groups excluding carboxylic acids is 2. The molecule has 1 aliphatic rings. The molecule has 0 aromatic carbocycles. The van der Waals surface area contributed by atoms with Gasteiger partial charge in [-0.2, -0.15) is 13.2 Å². The van der Waals surface area contributed by atoms with Crippen LogP contribution in [0.2, 0.25) is 0 Å². The molecule has 0 aliphatic carbocycles. The Labute approximate surface area is 144 Å². The Kier molecular flexibility index (Phi) is 7.09. The molecule has 0 aromatic heterocycles. The van der Waals surface area contributed by atoms with Crippen molar-refractivity contribution in [3.8, 4) is 0 Å². The first-order valence-electron chi connectivity index (χ1n) is 7.28. The molecular weight excluding hydrogens is 371 g/mol. The predicted octanol–water partition coefficient (Wildman–Crippen LogP) is -3.21. The van der Waals surface area contributed by atoms with Crippen LogP contribution in [-0.4, -0.2) is 93.4 Å². The Bertz CT molecular complexity index is 531. The van der Waals surface area contributed by atoms with E-state index in [0.29, 0.717) is 0 Å². The van der Waals surface area contributed by atoms with Gasteiger partial charge in [0.2, 0.25) is 0 Å². The Morgan fingerprint density at radius 2 is 1.88 bits per heavy atom. The molecule has 13 heteroatoms. The molecule has 152 valence electrons. The molecule has 0 saturated carbocycles. The van der Waals surface area contributed by atoms with Crippen molar-refractivity contribution >= 4 is 11.8 Å². The van der Waals surface area contributed by atoms with E-state index < -0.39 is 73.1 Å². The average Bonchev–Trinajstić information content (AvgIpc) is 2.54. The summed E-state index contributed by atoms with van der Waals surface area (Å²) < 4.78 is 46.5. The van der Waals surface area contributed by atoms with E-state index >= 15 is 0 Å². The highest BCUT2D eigenvalue weighted by Gasteiger charge is 2.62. The third kappa shape index (κ3) is 4.49. The van der Waals surface area contributed by atoms with Crippen LogP contribution in [0.15, 0.2) is 0 Å². The second-order valence-corrected chi connectivity index (χ2v) is 5.81. The molecule has 0 radical (unpaired) electrons. The zero-order valence-electron chi connectivity index (χ0n) is 13.5. The van der Waals surface area contributed by atoms with Gasteiger partial charge in [-0.05, 0) is 0 Å². The Morgan fingerprint density at radius 1 is 1.35 bits per heavy atom. The van der Waals surface area contributed by atoms with E-state index in [1.165, 1.54) is 0 Å². The highest BCUT2D eigenvalue weighted by molar-refractivity contribution is 5.91. The number of esters is 1. The molecule has 1 heterocycles. The number of nitrogens with two attached hydrogens (primary N) is 1. The van der Waals surface area contributed by atoms with Gasteiger partial charge in [-0.15, -0.1) is 0 Å². The summed E-state index contributed by atoms with van der Waals surface area (Å²) in [6.07, 6.45) is -15.3. The van der Waals surface area contributed by atoms with E-state index in [1.807, 2.05) is 0 Å². The van der Waals surface area contributed by atoms with Crippen LogP contribution in [0.1, 0.15) is 6.42 Å². The van der Waals surface area contributed by atoms with Crippen LogP contribution in [0, 0.1) is 5.92 Å². The molecule has 2 unspecified atom stereocenters. The lowest BCUT2D eigenvalue weighted by atomic mass is 9.77. The summed E-state index contributed by atoms with van der Waals surface area (Å²) in [6, 6.07) is -1.79. The van der Waals surface area contributed by atoms with Crippen LogP contribution in [0.3, 0.4) is 0 Å². The summed E-state index contributed by atoms with van der Waals surface area (Å²) in [4.78, 5) is 23.8. The lowest BCUT2D eigenvalue weighted by Crippen LogP contribution is -2.71. The van der Waals surface area contributed by atoms with Crippen LogP contribution in [0.5, 0.6) is 0 Å². The summed E-state index contributed by atoms with van der Waals surface area (Å²) in [5, 5.41) is 48.7. The molecule has 26 heavy (non-hydrogen) atoms. The number of hydrogen-bond acceptors (Lipinski definition) is 10. The summed E-state index contributed by atoms with van der Waals surface area (Å²) in [7, 11) is 0.726. The summed E-state index contributed by atoms with van der Waals surface area (Å²) in [5.74, 6) is -9.40. The number of ether oxygens (including phenoxy) is 2. The van der Waals surface area contributed by atoms with Gasteiger partial charge in [-0.1, -0.05) is 0 Å². The second-order valence-electron chi connectivity index (χ2n) is 5.81. The van der Waals surface area contributed by atoms with E-state index in [-0.39, 0.29) is 0 Å². The number of ketones is 1. The number of rotatable bonds is 6. The van der Waals surface area contributed by atoms with Crippen molar-refractivity contribution in [2.75, 3.05) is 13.7 Å². The lowest BCUT2D eigenvalue weighted by Gasteiger charge is -2.47. The molecule has 1 fully saturated rings. The minimum atomic E-state index is -5.01. The van der Waals surface area contributed by atoms with Gasteiger partial charge in [0.25, 0.3) is 5.79 Å². The minimum absolute atomic E-state index is 0.726. The highest BCUT2D eigenvalue weighted by Crippen LogP contribution is 2.38. The Morgan fingerprint density at radius 3 is 2.31 bits per heavy atom. The zero-order chi connectivity index (χ0) is 20.4. The van der Waals surface area contributed by atoms with Crippen molar-refractivity contribution in [2.45, 2.75) is 48.8 Å². The molecule has 0 bridgehead atoms. The number of hydrogen-bond donors (Lipinski definition) is 6. The van der Waals surface area contributed by atoms with E-state index in [9.17, 15) is 43.2 Å². The minimum Gasteiger partial charge on any atom is -0.465 e. The molecule has 7 N–H and O–H groups in total. The van der Waals surface area contributed by atoms with Crippen molar-refractivity contribution in [1.29, 1.82) is 0 Å². The van der Waals surface area contributed by atoms with Crippen LogP contribution in [0.25, 0.3) is 0 Å². The van der Waals surface area contributed by atoms with Gasteiger partial charge in [-0.3, -0.25) is 4.79 Å². The molecule has 1 saturated heterocycles. The monoisotopic (exact) mass is 391 g/mol. The quantitative estimate of drug-likeness (QED) is 0.252. The van der Waals surface area contributed by atoms with Crippen LogP contribution in [0.4, 0.5) is 13.2 Å². The fourth-order valence-corrected chi connectivity index (χ4v) is 2.67. The van der Waals surface area contributed by atoms with Gasteiger partial charge in [0.15, 0.2) is 5.78 Å². The summed E-state index contributed by atoms with van der Waals surface area (Å²) in [6.45, 7) is -1.00. The third-order valence-corrected chi connectivity index (χ3v) is 3.97. The number of aliphatic hydroxyl groups excluding tert-OH is 4. The van der Waals surface area contributed by atoms with Crippen molar-refractivity contribution in [2.24, 2.45) is 11.7 Å². The molecule has 1 rings (SSSR count). The Hall–Kier alpha value is -1.35. The largest absolute Gasteiger partial charge is 0.465 e. The van der Waals surface area contributed by atoms with E-state index in [2.05, 4.69) is 4.74 Å². The first-order chi connectivity index (χ1) is 11.8. The second kappa shape index (κ2) is 8.12. The smallest absolute Gasteiger partial charge is 0.395 e. The first kappa shape index (κ1) is 22.7. The maximum Gasteiger partial charge on any atom is 0.395 e. The standard InChI is InChI=1S/C13H20F3NO9/c1-25-11(23)13(24)6(4(19)2-12(14,15)16)9(22)7(17)10(26-13)8(21)5(20)3-18/h5-10,18,20-22,24H,2-3,17H2,1H3/t5-,6?,7-,8-,9+,10-,13?/m1/s1. The van der Waals surface area contributed by atoms with Gasteiger partial charge in [0.1, 0.15) is 30.7 Å². The van der Waals surface area contributed by atoms with E-state index in [4.69, 9.17) is 15.6 Å². The van der Waals surface area contributed by atoms with Crippen molar-refractivity contribution in [3.05, 3.63) is 0 Å². The third-order valence-electron chi connectivity index (χ3n) is 3.97. The van der Waals surface area contributed by atoms with Gasteiger partial charge >= 0.3 is 12.1 Å². The van der Waals surface area contributed by atoms with E-state index in [1.54, 1.807) is 0 Å². The normalized spacial score (nSPS) is 34.8. The maximum absolute atomic E-state index is 12.5. The fourth-order valence-electron chi connectivity index (χ4n) is 2.67. The number of aliphatic hydroxyl groups is 5. The number of halogens is 3. The number of alkyl halides is 3. The van der Waals surface area contributed by atoms with Gasteiger partial charge in [0, 0.05) is 0 Å². The first-order valence-corrected chi connectivity index (χ1v) is 7.28. The van der Waals surface area contributed by atoms with Gasteiger partial charge < -0.3 is 40.7 Å². The van der Waals surface area contributed by atoms with Crippen molar-refractivity contribution < 1.29 is 57.8 Å². The maximum atomic E-state index is 12.5. The van der Waals surface area contributed by atoms with Crippen molar-refractivity contribution in [1.82, 2.24) is 0 Å². The molecule has 10 nitrogen and oxygen atoms in total.